The quantitative estimate of drug-likeness (QED) is 0.730. The van der Waals surface area contributed by atoms with E-state index >= 15 is 0 Å². The summed E-state index contributed by atoms with van der Waals surface area (Å²) in [6.45, 7) is 1.97. The first kappa shape index (κ1) is 14.5. The van der Waals surface area contributed by atoms with E-state index in [4.69, 9.17) is 10.8 Å². The number of nitrogens with two attached hydrogens (primary N) is 1. The Labute approximate surface area is 117 Å². The van der Waals surface area contributed by atoms with Gasteiger partial charge in [-0.15, -0.1) is 0 Å². The molecule has 0 aromatic heterocycles. The Morgan fingerprint density at radius 1 is 1.40 bits per heavy atom. The van der Waals surface area contributed by atoms with Crippen LogP contribution in [0.15, 0.2) is 24.3 Å². The van der Waals surface area contributed by atoms with Crippen LogP contribution in [0.5, 0.6) is 0 Å². The second kappa shape index (κ2) is 5.25. The number of carboxylic acid groups (broad SMARTS) is 2. The van der Waals surface area contributed by atoms with E-state index in [1.807, 2.05) is 31.2 Å². The van der Waals surface area contributed by atoms with Crippen molar-refractivity contribution in [1.29, 1.82) is 0 Å². The molecule has 5 heteroatoms. The fourth-order valence-electron chi connectivity index (χ4n) is 2.71. The summed E-state index contributed by atoms with van der Waals surface area (Å²) in [5.41, 5.74) is 6.67. The van der Waals surface area contributed by atoms with Gasteiger partial charge < -0.3 is 15.9 Å². The molecule has 3 atom stereocenters. The van der Waals surface area contributed by atoms with Crippen LogP contribution in [0.4, 0.5) is 0 Å². The Kier molecular flexibility index (Phi) is 3.81. The molecule has 2 rings (SSSR count). The zero-order valence-electron chi connectivity index (χ0n) is 11.4. The number of aryl methyl sites for hydroxylation is 2. The maximum absolute atomic E-state index is 11.4. The Morgan fingerprint density at radius 2 is 2.10 bits per heavy atom. The highest BCUT2D eigenvalue weighted by Crippen LogP contribution is 2.47. The molecule has 1 fully saturated rings. The maximum atomic E-state index is 11.4. The van der Waals surface area contributed by atoms with E-state index in [0.29, 0.717) is 12.8 Å². The van der Waals surface area contributed by atoms with Crippen LogP contribution in [0.3, 0.4) is 0 Å². The molecule has 1 aromatic carbocycles. The predicted molar refractivity (Wildman–Crippen MR) is 73.3 cm³/mol. The predicted octanol–water partition coefficient (Wildman–Crippen LogP) is 1.43. The molecule has 1 aromatic rings. The molecule has 0 amide bonds. The summed E-state index contributed by atoms with van der Waals surface area (Å²) in [7, 11) is 0. The van der Waals surface area contributed by atoms with Crippen molar-refractivity contribution < 1.29 is 19.8 Å². The van der Waals surface area contributed by atoms with Crippen molar-refractivity contribution in [3.8, 4) is 0 Å². The average molecular weight is 277 g/mol. The lowest BCUT2D eigenvalue weighted by molar-refractivity contribution is -0.145. The van der Waals surface area contributed by atoms with Gasteiger partial charge in [0, 0.05) is 5.92 Å². The third-order valence-corrected chi connectivity index (χ3v) is 4.08. The molecule has 4 N–H and O–H groups in total. The minimum atomic E-state index is -1.45. The first-order valence-corrected chi connectivity index (χ1v) is 6.65. The summed E-state index contributed by atoms with van der Waals surface area (Å²) in [6.07, 6.45) is 1.14. The van der Waals surface area contributed by atoms with Crippen molar-refractivity contribution >= 4 is 11.9 Å². The van der Waals surface area contributed by atoms with E-state index in [0.717, 1.165) is 11.1 Å². The van der Waals surface area contributed by atoms with Gasteiger partial charge in [-0.2, -0.15) is 0 Å². The molecule has 0 radical (unpaired) electrons. The molecule has 0 spiro atoms. The summed E-state index contributed by atoms with van der Waals surface area (Å²) in [5, 5.41) is 18.3. The Bertz CT molecular complexity index is 542. The third kappa shape index (κ3) is 2.82. The molecule has 0 aliphatic heterocycles. The molecule has 5 nitrogen and oxygen atoms in total. The van der Waals surface area contributed by atoms with Crippen molar-refractivity contribution in [2.45, 2.75) is 31.7 Å². The van der Waals surface area contributed by atoms with Gasteiger partial charge in [0.25, 0.3) is 0 Å². The first-order valence-electron chi connectivity index (χ1n) is 6.65. The molecule has 1 saturated carbocycles. The SMILES string of the molecule is Cc1cccc(CCC(N)(C(=O)O)C2CC2C(=O)O)c1. The Hall–Kier alpha value is -1.88. The van der Waals surface area contributed by atoms with Crippen LogP contribution in [0.1, 0.15) is 24.0 Å². The number of carbonyl (C=O) groups is 2. The smallest absolute Gasteiger partial charge is 0.324 e. The minimum absolute atomic E-state index is 0.250. The maximum Gasteiger partial charge on any atom is 0.324 e. The first-order chi connectivity index (χ1) is 9.34. The van der Waals surface area contributed by atoms with Gasteiger partial charge in [-0.1, -0.05) is 29.8 Å². The van der Waals surface area contributed by atoms with E-state index in [-0.39, 0.29) is 6.42 Å². The topological polar surface area (TPSA) is 101 Å². The van der Waals surface area contributed by atoms with E-state index in [2.05, 4.69) is 0 Å². The van der Waals surface area contributed by atoms with Crippen molar-refractivity contribution in [3.63, 3.8) is 0 Å². The summed E-state index contributed by atoms with van der Waals surface area (Å²) in [5.74, 6) is -3.16. The Balaban J connectivity index is 2.07. The average Bonchev–Trinajstić information content (AvgIpc) is 3.16. The minimum Gasteiger partial charge on any atom is -0.481 e. The Morgan fingerprint density at radius 3 is 2.60 bits per heavy atom. The van der Waals surface area contributed by atoms with Gasteiger partial charge in [0.1, 0.15) is 5.54 Å². The number of hydrogen-bond acceptors (Lipinski definition) is 3. The lowest BCUT2D eigenvalue weighted by Crippen LogP contribution is -2.51. The van der Waals surface area contributed by atoms with Crippen LogP contribution in [0.25, 0.3) is 0 Å². The summed E-state index contributed by atoms with van der Waals surface area (Å²) in [4.78, 5) is 22.4. The second-order valence-corrected chi connectivity index (χ2v) is 5.62. The molecule has 108 valence electrons. The van der Waals surface area contributed by atoms with Crippen LogP contribution >= 0.6 is 0 Å². The molecule has 1 aliphatic carbocycles. The van der Waals surface area contributed by atoms with E-state index < -0.39 is 29.3 Å². The van der Waals surface area contributed by atoms with Gasteiger partial charge in [0.15, 0.2) is 0 Å². The fraction of sp³-hybridized carbons (Fsp3) is 0.467. The normalized spacial score (nSPS) is 23.9. The van der Waals surface area contributed by atoms with E-state index in [9.17, 15) is 14.7 Å². The lowest BCUT2D eigenvalue weighted by atomic mass is 9.86. The van der Waals surface area contributed by atoms with Gasteiger partial charge in [-0.05, 0) is 31.7 Å². The fourth-order valence-corrected chi connectivity index (χ4v) is 2.71. The summed E-state index contributed by atoms with van der Waals surface area (Å²) >= 11 is 0. The lowest BCUT2D eigenvalue weighted by Gasteiger charge is -2.25. The largest absolute Gasteiger partial charge is 0.481 e. The molecule has 0 saturated heterocycles. The van der Waals surface area contributed by atoms with Crippen LogP contribution in [0.2, 0.25) is 0 Å². The molecule has 0 bridgehead atoms. The zero-order chi connectivity index (χ0) is 14.9. The van der Waals surface area contributed by atoms with Crippen molar-refractivity contribution in [2.24, 2.45) is 17.6 Å². The third-order valence-electron chi connectivity index (χ3n) is 4.08. The van der Waals surface area contributed by atoms with Crippen LogP contribution < -0.4 is 5.73 Å². The highest BCUT2D eigenvalue weighted by molar-refractivity contribution is 5.83. The molecular formula is C15H19NO4. The number of hydrogen-bond donors (Lipinski definition) is 3. The van der Waals surface area contributed by atoms with Crippen LogP contribution in [-0.4, -0.2) is 27.7 Å². The van der Waals surface area contributed by atoms with Crippen molar-refractivity contribution in [1.82, 2.24) is 0 Å². The monoisotopic (exact) mass is 277 g/mol. The standard InChI is InChI=1S/C15H19NO4/c1-9-3-2-4-10(7-9)5-6-15(16,14(19)20)12-8-11(12)13(17)18/h2-4,7,11-12H,5-6,8,16H2,1H3,(H,17,18)(H,19,20). The number of aliphatic carboxylic acids is 2. The number of rotatable bonds is 6. The summed E-state index contributed by atoms with van der Waals surface area (Å²) in [6, 6.07) is 7.80. The van der Waals surface area contributed by atoms with Crippen LogP contribution in [-0.2, 0) is 16.0 Å². The van der Waals surface area contributed by atoms with Gasteiger partial charge in [-0.3, -0.25) is 9.59 Å². The van der Waals surface area contributed by atoms with Crippen molar-refractivity contribution in [3.05, 3.63) is 35.4 Å². The zero-order valence-corrected chi connectivity index (χ0v) is 11.4. The summed E-state index contributed by atoms with van der Waals surface area (Å²) < 4.78 is 0. The highest BCUT2D eigenvalue weighted by Gasteiger charge is 2.57. The van der Waals surface area contributed by atoms with E-state index in [1.165, 1.54) is 0 Å². The molecule has 1 aliphatic rings. The number of carboxylic acids is 2. The molecule has 20 heavy (non-hydrogen) atoms. The molecule has 3 unspecified atom stereocenters. The molecule has 0 heterocycles. The van der Waals surface area contributed by atoms with Gasteiger partial charge in [0.05, 0.1) is 5.92 Å². The highest BCUT2D eigenvalue weighted by atomic mass is 16.4. The van der Waals surface area contributed by atoms with Crippen molar-refractivity contribution in [2.75, 3.05) is 0 Å². The molecular weight excluding hydrogens is 258 g/mol. The second-order valence-electron chi connectivity index (χ2n) is 5.62. The van der Waals surface area contributed by atoms with Gasteiger partial charge in [-0.25, -0.2) is 0 Å². The van der Waals surface area contributed by atoms with Gasteiger partial charge >= 0.3 is 11.9 Å². The van der Waals surface area contributed by atoms with E-state index in [1.54, 1.807) is 0 Å². The number of benzene rings is 1. The van der Waals surface area contributed by atoms with Crippen LogP contribution in [0, 0.1) is 18.8 Å². The van der Waals surface area contributed by atoms with Gasteiger partial charge in [0.2, 0.25) is 0 Å².